The fourth-order valence-corrected chi connectivity index (χ4v) is 1.47. The maximum Gasteiger partial charge on any atom is 0.251 e. The summed E-state index contributed by atoms with van der Waals surface area (Å²) in [5.41, 5.74) is 3.75. The van der Waals surface area contributed by atoms with Crippen LogP contribution in [0, 0.1) is 0 Å². The summed E-state index contributed by atoms with van der Waals surface area (Å²) in [4.78, 5) is 16.4. The molecule has 0 fully saturated rings. The second-order valence-electron chi connectivity index (χ2n) is 5.65. The van der Waals surface area contributed by atoms with Gasteiger partial charge in [0.15, 0.2) is 0 Å². The third-order valence-corrected chi connectivity index (χ3v) is 2.42. The van der Waals surface area contributed by atoms with E-state index >= 15 is 0 Å². The van der Waals surface area contributed by atoms with Gasteiger partial charge in [0.25, 0.3) is 5.91 Å². The fourth-order valence-electron chi connectivity index (χ4n) is 1.47. The number of amides is 1. The molecular formula is C13H22N4O. The first kappa shape index (κ1) is 14.4. The summed E-state index contributed by atoms with van der Waals surface area (Å²) in [6.07, 6.45) is 0. The van der Waals surface area contributed by atoms with Gasteiger partial charge in [-0.3, -0.25) is 4.79 Å². The molecule has 0 atom stereocenters. The molecule has 18 heavy (non-hydrogen) atoms. The van der Waals surface area contributed by atoms with Gasteiger partial charge in [-0.25, -0.2) is 10.8 Å². The summed E-state index contributed by atoms with van der Waals surface area (Å²) in [5, 5.41) is 2.85. The number of hydrogen-bond acceptors (Lipinski definition) is 4. The van der Waals surface area contributed by atoms with Gasteiger partial charge in [0.2, 0.25) is 0 Å². The molecule has 5 heteroatoms. The zero-order valence-electron chi connectivity index (χ0n) is 11.7. The number of nitrogens with two attached hydrogens (primary N) is 1. The van der Waals surface area contributed by atoms with E-state index in [0.717, 1.165) is 5.69 Å². The number of nitrogens with zero attached hydrogens (tertiary/aromatic N) is 1. The van der Waals surface area contributed by atoms with Crippen LogP contribution in [0.1, 0.15) is 50.7 Å². The Morgan fingerprint density at radius 3 is 2.39 bits per heavy atom. The molecule has 1 heterocycles. The van der Waals surface area contributed by atoms with Gasteiger partial charge in [0.1, 0.15) is 5.82 Å². The predicted molar refractivity (Wildman–Crippen MR) is 73.3 cm³/mol. The van der Waals surface area contributed by atoms with Gasteiger partial charge in [-0.15, -0.1) is 0 Å². The average Bonchev–Trinajstić information content (AvgIpc) is 2.26. The number of pyridine rings is 1. The van der Waals surface area contributed by atoms with Crippen LogP contribution in [0.25, 0.3) is 0 Å². The first-order chi connectivity index (χ1) is 8.24. The molecule has 1 aromatic heterocycles. The minimum Gasteiger partial charge on any atom is -0.350 e. The molecule has 0 bridgehead atoms. The lowest BCUT2D eigenvalue weighted by atomic mass is 9.90. The van der Waals surface area contributed by atoms with E-state index in [-0.39, 0.29) is 17.4 Å². The summed E-state index contributed by atoms with van der Waals surface area (Å²) in [5.74, 6) is 5.77. The summed E-state index contributed by atoms with van der Waals surface area (Å²) < 4.78 is 0. The van der Waals surface area contributed by atoms with Crippen molar-refractivity contribution in [3.63, 3.8) is 0 Å². The minimum atomic E-state index is -0.139. The molecule has 0 saturated heterocycles. The zero-order chi connectivity index (χ0) is 13.9. The minimum absolute atomic E-state index is 0.0954. The van der Waals surface area contributed by atoms with E-state index in [1.54, 1.807) is 12.1 Å². The number of aromatic nitrogens is 1. The van der Waals surface area contributed by atoms with Crippen molar-refractivity contribution in [2.45, 2.75) is 46.1 Å². The van der Waals surface area contributed by atoms with Crippen molar-refractivity contribution < 1.29 is 4.79 Å². The molecule has 0 spiro atoms. The lowest BCUT2D eigenvalue weighted by Crippen LogP contribution is -2.30. The number of hydrogen-bond donors (Lipinski definition) is 3. The predicted octanol–water partition coefficient (Wildman–Crippen LogP) is 1.80. The quantitative estimate of drug-likeness (QED) is 0.564. The Morgan fingerprint density at radius 1 is 1.33 bits per heavy atom. The second-order valence-corrected chi connectivity index (χ2v) is 5.65. The maximum atomic E-state index is 12.0. The van der Waals surface area contributed by atoms with E-state index in [1.807, 2.05) is 34.6 Å². The number of nitrogens with one attached hydrogen (secondary N) is 2. The highest BCUT2D eigenvalue weighted by Gasteiger charge is 2.19. The monoisotopic (exact) mass is 250 g/mol. The molecule has 100 valence electrons. The molecule has 0 aromatic carbocycles. The van der Waals surface area contributed by atoms with Gasteiger partial charge in [0.05, 0.1) is 0 Å². The van der Waals surface area contributed by atoms with Crippen LogP contribution in [0.15, 0.2) is 12.1 Å². The Balaban J connectivity index is 3.16. The first-order valence-electron chi connectivity index (χ1n) is 6.04. The van der Waals surface area contributed by atoms with Crippen LogP contribution in [-0.4, -0.2) is 16.9 Å². The Hall–Kier alpha value is -1.62. The van der Waals surface area contributed by atoms with Crippen molar-refractivity contribution in [2.24, 2.45) is 5.84 Å². The average molecular weight is 250 g/mol. The standard InChI is InChI=1S/C13H22N4O/c1-8(2)15-12(18)9-6-10(13(3,4)5)16-11(7-9)17-14/h6-8H,14H2,1-5H3,(H,15,18)(H,16,17). The van der Waals surface area contributed by atoms with Crippen molar-refractivity contribution in [1.82, 2.24) is 10.3 Å². The van der Waals surface area contributed by atoms with Gasteiger partial charge >= 0.3 is 0 Å². The number of carbonyl (C=O) groups excluding carboxylic acids is 1. The molecule has 1 rings (SSSR count). The molecule has 0 aliphatic carbocycles. The lowest BCUT2D eigenvalue weighted by molar-refractivity contribution is 0.0943. The molecule has 0 aliphatic rings. The second kappa shape index (κ2) is 5.35. The summed E-state index contributed by atoms with van der Waals surface area (Å²) >= 11 is 0. The third kappa shape index (κ3) is 3.70. The topological polar surface area (TPSA) is 80.0 Å². The van der Waals surface area contributed by atoms with Crippen LogP contribution in [0.3, 0.4) is 0 Å². The molecule has 1 aromatic rings. The number of carbonyl (C=O) groups is 1. The van der Waals surface area contributed by atoms with Gasteiger partial charge in [-0.05, 0) is 26.0 Å². The Morgan fingerprint density at radius 2 is 1.94 bits per heavy atom. The highest BCUT2D eigenvalue weighted by molar-refractivity contribution is 5.95. The van der Waals surface area contributed by atoms with Crippen LogP contribution in [0.4, 0.5) is 5.82 Å². The van der Waals surface area contributed by atoms with Crippen molar-refractivity contribution in [3.8, 4) is 0 Å². The van der Waals surface area contributed by atoms with E-state index in [1.165, 1.54) is 0 Å². The largest absolute Gasteiger partial charge is 0.350 e. The smallest absolute Gasteiger partial charge is 0.251 e. The lowest BCUT2D eigenvalue weighted by Gasteiger charge is -2.20. The van der Waals surface area contributed by atoms with E-state index in [0.29, 0.717) is 11.4 Å². The normalized spacial score (nSPS) is 11.5. The summed E-state index contributed by atoms with van der Waals surface area (Å²) in [6.45, 7) is 9.97. The first-order valence-corrected chi connectivity index (χ1v) is 6.04. The molecule has 0 saturated carbocycles. The van der Waals surface area contributed by atoms with Crippen LogP contribution >= 0.6 is 0 Å². The highest BCUT2D eigenvalue weighted by atomic mass is 16.1. The number of anilines is 1. The van der Waals surface area contributed by atoms with E-state index < -0.39 is 0 Å². The van der Waals surface area contributed by atoms with E-state index in [4.69, 9.17) is 5.84 Å². The van der Waals surface area contributed by atoms with E-state index in [9.17, 15) is 4.79 Å². The third-order valence-electron chi connectivity index (χ3n) is 2.42. The molecule has 0 aliphatic heterocycles. The van der Waals surface area contributed by atoms with Crippen molar-refractivity contribution in [3.05, 3.63) is 23.4 Å². The molecule has 0 unspecified atom stereocenters. The fraction of sp³-hybridized carbons (Fsp3) is 0.538. The van der Waals surface area contributed by atoms with Gasteiger partial charge in [-0.1, -0.05) is 20.8 Å². The molecule has 4 N–H and O–H groups in total. The molecular weight excluding hydrogens is 228 g/mol. The van der Waals surface area contributed by atoms with Crippen molar-refractivity contribution in [1.29, 1.82) is 0 Å². The van der Waals surface area contributed by atoms with Crippen LogP contribution in [0.2, 0.25) is 0 Å². The number of rotatable bonds is 3. The van der Waals surface area contributed by atoms with Crippen LogP contribution in [-0.2, 0) is 5.41 Å². The Kier molecular flexibility index (Phi) is 4.29. The van der Waals surface area contributed by atoms with Crippen molar-refractivity contribution in [2.75, 3.05) is 5.43 Å². The highest BCUT2D eigenvalue weighted by Crippen LogP contribution is 2.23. The van der Waals surface area contributed by atoms with E-state index in [2.05, 4.69) is 15.7 Å². The number of nitrogen functional groups attached to an aromatic ring is 1. The number of hydrazine groups is 1. The Bertz CT molecular complexity index is 435. The molecule has 1 amide bonds. The van der Waals surface area contributed by atoms with Crippen molar-refractivity contribution >= 4 is 11.7 Å². The summed E-state index contributed by atoms with van der Waals surface area (Å²) in [7, 11) is 0. The molecule has 5 nitrogen and oxygen atoms in total. The Labute approximate surface area is 108 Å². The zero-order valence-corrected chi connectivity index (χ0v) is 11.7. The SMILES string of the molecule is CC(C)NC(=O)c1cc(NN)nc(C(C)(C)C)c1. The van der Waals surface area contributed by atoms with Gasteiger partial charge in [0, 0.05) is 22.7 Å². The summed E-state index contributed by atoms with van der Waals surface area (Å²) in [6, 6.07) is 3.55. The molecule has 0 radical (unpaired) electrons. The van der Waals surface area contributed by atoms with Crippen LogP contribution < -0.4 is 16.6 Å². The maximum absolute atomic E-state index is 12.0. The van der Waals surface area contributed by atoms with Gasteiger partial charge < -0.3 is 10.7 Å². The van der Waals surface area contributed by atoms with Gasteiger partial charge in [-0.2, -0.15) is 0 Å². The van der Waals surface area contributed by atoms with Crippen LogP contribution in [0.5, 0.6) is 0 Å².